The molecule has 122 valence electrons. The van der Waals surface area contributed by atoms with Crippen molar-refractivity contribution in [2.24, 2.45) is 0 Å². The highest BCUT2D eigenvalue weighted by atomic mass is 79.9. The Kier molecular flexibility index (Phi) is 5.60. The monoisotopic (exact) mass is 379 g/mol. The second kappa shape index (κ2) is 7.46. The van der Waals surface area contributed by atoms with Gasteiger partial charge in [0.25, 0.3) is 5.91 Å². The number of furan rings is 1. The fourth-order valence-electron chi connectivity index (χ4n) is 1.89. The Bertz CT molecular complexity index is 691. The van der Waals surface area contributed by atoms with Gasteiger partial charge in [0.15, 0.2) is 10.8 Å². The molecule has 1 heterocycles. The van der Waals surface area contributed by atoms with Gasteiger partial charge in [-0.2, -0.15) is 0 Å². The fraction of sp³-hybridized carbons (Fsp3) is 0.294. The minimum atomic E-state index is -0.934. The summed E-state index contributed by atoms with van der Waals surface area (Å²) in [6, 6.07) is 10.6. The molecule has 0 saturated carbocycles. The molecule has 1 N–H and O–H groups in total. The summed E-state index contributed by atoms with van der Waals surface area (Å²) in [5.41, 5.74) is 1.84. The zero-order valence-electron chi connectivity index (χ0n) is 13.1. The number of benzene rings is 1. The number of amides is 1. The van der Waals surface area contributed by atoms with Crippen molar-refractivity contribution in [3.63, 3.8) is 0 Å². The number of rotatable bonds is 5. The molecule has 0 saturated heterocycles. The van der Waals surface area contributed by atoms with E-state index in [-0.39, 0.29) is 5.76 Å². The second-order valence-corrected chi connectivity index (χ2v) is 6.20. The maximum absolute atomic E-state index is 12.1. The Balaban J connectivity index is 1.93. The molecule has 0 unspecified atom stereocenters. The van der Waals surface area contributed by atoms with E-state index in [0.29, 0.717) is 16.3 Å². The Hall–Kier alpha value is -2.08. The van der Waals surface area contributed by atoms with Crippen LogP contribution in [0.2, 0.25) is 0 Å². The summed E-state index contributed by atoms with van der Waals surface area (Å²) in [5, 5.41) is 2.71. The van der Waals surface area contributed by atoms with Crippen LogP contribution in [0, 0.1) is 0 Å². The second-order valence-electron chi connectivity index (χ2n) is 5.42. The molecule has 0 spiro atoms. The molecular weight excluding hydrogens is 362 g/mol. The Morgan fingerprint density at radius 3 is 2.26 bits per heavy atom. The number of ether oxygens (including phenoxy) is 1. The number of anilines is 1. The highest BCUT2D eigenvalue weighted by Crippen LogP contribution is 2.18. The molecule has 1 aromatic carbocycles. The van der Waals surface area contributed by atoms with E-state index in [1.54, 1.807) is 6.07 Å². The lowest BCUT2D eigenvalue weighted by atomic mass is 10.0. The standard InChI is InChI=1S/C17H18BrNO4/c1-10(2)12-4-6-13(7-5-12)19-16(20)11(3)22-17(21)14-8-9-15(18)23-14/h4-11H,1-3H3,(H,19,20)/t11-/m1/s1. The number of halogens is 1. The smallest absolute Gasteiger partial charge is 0.375 e. The van der Waals surface area contributed by atoms with E-state index in [2.05, 4.69) is 35.1 Å². The summed E-state index contributed by atoms with van der Waals surface area (Å²) in [6.07, 6.45) is -0.934. The van der Waals surface area contributed by atoms with Crippen LogP contribution in [0.25, 0.3) is 0 Å². The van der Waals surface area contributed by atoms with Crippen molar-refractivity contribution in [2.45, 2.75) is 32.8 Å². The van der Waals surface area contributed by atoms with Crippen molar-refractivity contribution in [3.05, 3.63) is 52.4 Å². The van der Waals surface area contributed by atoms with Crippen LogP contribution in [0.4, 0.5) is 5.69 Å². The van der Waals surface area contributed by atoms with E-state index in [1.807, 2.05) is 24.3 Å². The molecule has 23 heavy (non-hydrogen) atoms. The van der Waals surface area contributed by atoms with E-state index >= 15 is 0 Å². The predicted molar refractivity (Wildman–Crippen MR) is 90.4 cm³/mol. The molecule has 0 aliphatic carbocycles. The van der Waals surface area contributed by atoms with Gasteiger partial charge >= 0.3 is 5.97 Å². The Labute approximate surface area is 143 Å². The van der Waals surface area contributed by atoms with Crippen molar-refractivity contribution in [3.8, 4) is 0 Å². The topological polar surface area (TPSA) is 68.5 Å². The van der Waals surface area contributed by atoms with E-state index in [4.69, 9.17) is 9.15 Å². The van der Waals surface area contributed by atoms with Crippen LogP contribution in [0.15, 0.2) is 45.5 Å². The number of nitrogens with one attached hydrogen (secondary N) is 1. The van der Waals surface area contributed by atoms with Crippen LogP contribution < -0.4 is 5.32 Å². The van der Waals surface area contributed by atoms with Gasteiger partial charge in [0.1, 0.15) is 0 Å². The first-order valence-corrected chi connectivity index (χ1v) is 8.03. The zero-order chi connectivity index (χ0) is 17.0. The average Bonchev–Trinajstić information content (AvgIpc) is 2.94. The maximum atomic E-state index is 12.1. The highest BCUT2D eigenvalue weighted by Gasteiger charge is 2.21. The Morgan fingerprint density at radius 1 is 1.09 bits per heavy atom. The summed E-state index contributed by atoms with van der Waals surface area (Å²) < 4.78 is 10.6. The van der Waals surface area contributed by atoms with E-state index in [1.165, 1.54) is 18.6 Å². The lowest BCUT2D eigenvalue weighted by molar-refractivity contribution is -0.123. The maximum Gasteiger partial charge on any atom is 0.375 e. The normalized spacial score (nSPS) is 12.0. The molecule has 2 rings (SSSR count). The molecular formula is C17H18BrNO4. The molecule has 0 aliphatic heterocycles. The van der Waals surface area contributed by atoms with Crippen molar-refractivity contribution in [1.29, 1.82) is 0 Å². The number of esters is 1. The number of hydrogen-bond donors (Lipinski definition) is 1. The summed E-state index contributed by atoms with van der Waals surface area (Å²) in [5.74, 6) is -0.625. The van der Waals surface area contributed by atoms with Crippen molar-refractivity contribution < 1.29 is 18.7 Å². The quantitative estimate of drug-likeness (QED) is 0.784. The minimum absolute atomic E-state index is 0.0396. The molecule has 1 aromatic heterocycles. The third-order valence-electron chi connectivity index (χ3n) is 3.27. The van der Waals surface area contributed by atoms with Crippen LogP contribution in [0.1, 0.15) is 42.8 Å². The van der Waals surface area contributed by atoms with Gasteiger partial charge in [0.05, 0.1) is 0 Å². The third-order valence-corrected chi connectivity index (χ3v) is 3.70. The van der Waals surface area contributed by atoms with Gasteiger partial charge in [0, 0.05) is 5.69 Å². The lowest BCUT2D eigenvalue weighted by Crippen LogP contribution is -2.29. The fourth-order valence-corrected chi connectivity index (χ4v) is 2.20. The van der Waals surface area contributed by atoms with Gasteiger partial charge in [-0.15, -0.1) is 0 Å². The lowest BCUT2D eigenvalue weighted by Gasteiger charge is -2.13. The van der Waals surface area contributed by atoms with Crippen molar-refractivity contribution in [1.82, 2.24) is 0 Å². The van der Waals surface area contributed by atoms with Crippen LogP contribution >= 0.6 is 15.9 Å². The largest absolute Gasteiger partial charge is 0.447 e. The molecule has 0 radical (unpaired) electrons. The van der Waals surface area contributed by atoms with E-state index in [9.17, 15) is 9.59 Å². The van der Waals surface area contributed by atoms with Gasteiger partial charge in [-0.3, -0.25) is 4.79 Å². The molecule has 2 aromatic rings. The van der Waals surface area contributed by atoms with Crippen molar-refractivity contribution in [2.75, 3.05) is 5.32 Å². The van der Waals surface area contributed by atoms with Gasteiger partial charge < -0.3 is 14.5 Å². The van der Waals surface area contributed by atoms with E-state index < -0.39 is 18.0 Å². The van der Waals surface area contributed by atoms with Gasteiger partial charge in [0.2, 0.25) is 5.76 Å². The van der Waals surface area contributed by atoms with Crippen LogP contribution in [-0.2, 0) is 9.53 Å². The first-order chi connectivity index (χ1) is 10.9. The first-order valence-electron chi connectivity index (χ1n) is 7.24. The molecule has 6 heteroatoms. The molecule has 0 fully saturated rings. The molecule has 1 atom stereocenters. The first kappa shape index (κ1) is 17.3. The van der Waals surface area contributed by atoms with Gasteiger partial charge in [-0.05, 0) is 58.6 Å². The molecule has 0 aliphatic rings. The predicted octanol–water partition coefficient (Wildman–Crippen LogP) is 4.35. The van der Waals surface area contributed by atoms with Gasteiger partial charge in [-0.25, -0.2) is 4.79 Å². The molecule has 0 bridgehead atoms. The van der Waals surface area contributed by atoms with Crippen LogP contribution in [0.5, 0.6) is 0 Å². The minimum Gasteiger partial charge on any atom is -0.447 e. The zero-order valence-corrected chi connectivity index (χ0v) is 14.7. The summed E-state index contributed by atoms with van der Waals surface area (Å²) >= 11 is 3.10. The summed E-state index contributed by atoms with van der Waals surface area (Å²) in [4.78, 5) is 23.9. The van der Waals surface area contributed by atoms with Gasteiger partial charge in [-0.1, -0.05) is 26.0 Å². The van der Waals surface area contributed by atoms with E-state index in [0.717, 1.165) is 0 Å². The van der Waals surface area contributed by atoms with Crippen molar-refractivity contribution >= 4 is 33.5 Å². The molecule has 1 amide bonds. The number of carbonyl (C=O) groups excluding carboxylic acids is 2. The highest BCUT2D eigenvalue weighted by molar-refractivity contribution is 9.10. The Morgan fingerprint density at radius 2 is 1.74 bits per heavy atom. The van der Waals surface area contributed by atoms with Crippen LogP contribution in [-0.4, -0.2) is 18.0 Å². The third kappa shape index (κ3) is 4.69. The summed E-state index contributed by atoms with van der Waals surface area (Å²) in [6.45, 7) is 5.71. The number of carbonyl (C=O) groups is 2. The number of hydrogen-bond acceptors (Lipinski definition) is 4. The van der Waals surface area contributed by atoms with Crippen LogP contribution in [0.3, 0.4) is 0 Å². The molecule has 5 nitrogen and oxygen atoms in total. The average molecular weight is 380 g/mol. The SMILES string of the molecule is CC(C)c1ccc(NC(=O)[C@@H](C)OC(=O)c2ccc(Br)o2)cc1. The summed E-state index contributed by atoms with van der Waals surface area (Å²) in [7, 11) is 0.